The van der Waals surface area contributed by atoms with E-state index in [1.54, 1.807) is 24.3 Å². The van der Waals surface area contributed by atoms with Crippen LogP contribution in [0, 0.1) is 0 Å². The molecule has 0 unspecified atom stereocenters. The smallest absolute Gasteiger partial charge is 0.260 e. The maximum Gasteiger partial charge on any atom is 0.260 e. The molecule has 1 aliphatic rings. The van der Waals surface area contributed by atoms with Crippen LogP contribution < -0.4 is 10.3 Å². The first kappa shape index (κ1) is 17.5. The summed E-state index contributed by atoms with van der Waals surface area (Å²) < 4.78 is 0. The number of anilines is 1. The van der Waals surface area contributed by atoms with Crippen LogP contribution in [0.3, 0.4) is 0 Å². The summed E-state index contributed by atoms with van der Waals surface area (Å²) in [6, 6.07) is 16.2. The fourth-order valence-corrected chi connectivity index (χ4v) is 3.39. The minimum absolute atomic E-state index is 0.120. The Morgan fingerprint density at radius 3 is 2.63 bits per heavy atom. The van der Waals surface area contributed by atoms with Crippen LogP contribution >= 0.6 is 23.2 Å². The maximum atomic E-state index is 12.7. The summed E-state index contributed by atoms with van der Waals surface area (Å²) in [4.78, 5) is 26.4. The lowest BCUT2D eigenvalue weighted by atomic mass is 10.1. The van der Waals surface area contributed by atoms with Gasteiger partial charge in [-0.1, -0.05) is 53.5 Å². The fraction of sp³-hybridized carbons (Fsp3) is 0.0500. The fourth-order valence-electron chi connectivity index (χ4n) is 3.09. The summed E-state index contributed by atoms with van der Waals surface area (Å²) in [5.41, 5.74) is 4.47. The molecule has 7 heteroatoms. The number of hydrogen-bond donors (Lipinski definition) is 1. The molecule has 0 aliphatic carbocycles. The van der Waals surface area contributed by atoms with Crippen molar-refractivity contribution >= 4 is 57.7 Å². The molecule has 5 nitrogen and oxygen atoms in total. The molecule has 27 heavy (non-hydrogen) atoms. The van der Waals surface area contributed by atoms with Gasteiger partial charge in [-0.05, 0) is 35.2 Å². The van der Waals surface area contributed by atoms with E-state index in [-0.39, 0.29) is 12.5 Å². The molecule has 0 radical (unpaired) electrons. The summed E-state index contributed by atoms with van der Waals surface area (Å²) in [7, 11) is 0. The number of halogens is 2. The zero-order valence-electron chi connectivity index (χ0n) is 13.9. The Kier molecular flexibility index (Phi) is 4.56. The maximum absolute atomic E-state index is 12.7. The van der Waals surface area contributed by atoms with E-state index < -0.39 is 5.91 Å². The third-order valence-corrected chi connectivity index (χ3v) is 5.04. The molecule has 3 aromatic rings. The van der Waals surface area contributed by atoms with Crippen LogP contribution in [-0.4, -0.2) is 24.6 Å². The van der Waals surface area contributed by atoms with Crippen molar-refractivity contribution in [2.24, 2.45) is 5.10 Å². The number of rotatable bonds is 4. The number of hydrazone groups is 1. The molecule has 1 aliphatic heterocycles. The molecular weight excluding hydrogens is 385 g/mol. The zero-order chi connectivity index (χ0) is 19.0. The lowest BCUT2D eigenvalue weighted by molar-refractivity contribution is -0.119. The second kappa shape index (κ2) is 7.02. The summed E-state index contributed by atoms with van der Waals surface area (Å²) in [5.74, 6) is -0.588. The molecule has 1 heterocycles. The molecule has 0 spiro atoms. The molecule has 0 saturated carbocycles. The van der Waals surface area contributed by atoms with Crippen LogP contribution in [-0.2, 0) is 4.79 Å². The first-order valence-electron chi connectivity index (χ1n) is 8.15. The molecule has 4 rings (SSSR count). The topological polar surface area (TPSA) is 61.8 Å². The highest BCUT2D eigenvalue weighted by Crippen LogP contribution is 2.36. The SMILES string of the molecule is O=C(CN1C(=O)c2cccc3cccc1c23)N/N=C/c1ccc(Cl)c(Cl)c1. The van der Waals surface area contributed by atoms with Crippen LogP contribution in [0.1, 0.15) is 15.9 Å². The average molecular weight is 398 g/mol. The molecular formula is C20H13Cl2N3O2. The van der Waals surface area contributed by atoms with Gasteiger partial charge < -0.3 is 0 Å². The zero-order valence-corrected chi connectivity index (χ0v) is 15.5. The van der Waals surface area contributed by atoms with Gasteiger partial charge in [-0.25, -0.2) is 5.43 Å². The van der Waals surface area contributed by atoms with Crippen molar-refractivity contribution in [2.75, 3.05) is 11.4 Å². The number of nitrogens with zero attached hydrogens (tertiary/aromatic N) is 2. The first-order chi connectivity index (χ1) is 13.0. The molecule has 0 aromatic heterocycles. The average Bonchev–Trinajstić information content (AvgIpc) is 2.93. The number of carbonyl (C=O) groups is 2. The van der Waals surface area contributed by atoms with Crippen molar-refractivity contribution in [3.63, 3.8) is 0 Å². The normalized spacial score (nSPS) is 13.0. The van der Waals surface area contributed by atoms with Gasteiger partial charge in [0.15, 0.2) is 0 Å². The highest BCUT2D eigenvalue weighted by Gasteiger charge is 2.30. The quantitative estimate of drug-likeness (QED) is 0.528. The Balaban J connectivity index is 1.48. The van der Waals surface area contributed by atoms with E-state index in [2.05, 4.69) is 10.5 Å². The minimum Gasteiger partial charge on any atom is -0.298 e. The number of hydrogen-bond acceptors (Lipinski definition) is 3. The van der Waals surface area contributed by atoms with Crippen LogP contribution in [0.5, 0.6) is 0 Å². The Bertz CT molecular complexity index is 1110. The van der Waals surface area contributed by atoms with Crippen molar-refractivity contribution in [3.8, 4) is 0 Å². The summed E-state index contributed by atoms with van der Waals surface area (Å²) in [6.45, 7) is -0.120. The standard InChI is InChI=1S/C20H13Cl2N3O2/c21-15-8-7-12(9-16(15)22)10-23-24-18(26)11-25-17-6-2-4-13-3-1-5-14(19(13)17)20(25)27/h1-10H,11H2,(H,24,26)/b23-10+. The van der Waals surface area contributed by atoms with Gasteiger partial charge in [-0.15, -0.1) is 0 Å². The van der Waals surface area contributed by atoms with E-state index in [0.29, 0.717) is 21.2 Å². The molecule has 1 N–H and O–H groups in total. The molecule has 0 fully saturated rings. The molecule has 0 atom stereocenters. The Morgan fingerprint density at radius 2 is 1.85 bits per heavy atom. The van der Waals surface area contributed by atoms with Crippen LogP contribution in [0.4, 0.5) is 5.69 Å². The van der Waals surface area contributed by atoms with Gasteiger partial charge in [0.05, 0.1) is 21.9 Å². The first-order valence-corrected chi connectivity index (χ1v) is 8.91. The Hall–Kier alpha value is -2.89. The highest BCUT2D eigenvalue weighted by atomic mass is 35.5. The van der Waals surface area contributed by atoms with E-state index in [0.717, 1.165) is 16.5 Å². The van der Waals surface area contributed by atoms with Gasteiger partial charge in [-0.2, -0.15) is 5.10 Å². The number of nitrogens with one attached hydrogen (secondary N) is 1. The summed E-state index contributed by atoms with van der Waals surface area (Å²) in [6.07, 6.45) is 1.46. The molecule has 0 bridgehead atoms. The van der Waals surface area contributed by atoms with Crippen molar-refractivity contribution in [1.82, 2.24) is 5.43 Å². The second-order valence-corrected chi connectivity index (χ2v) is 6.85. The van der Waals surface area contributed by atoms with E-state index in [9.17, 15) is 9.59 Å². The largest absolute Gasteiger partial charge is 0.298 e. The third kappa shape index (κ3) is 3.27. The number of benzene rings is 3. The minimum atomic E-state index is -0.399. The van der Waals surface area contributed by atoms with Crippen molar-refractivity contribution in [2.45, 2.75) is 0 Å². The second-order valence-electron chi connectivity index (χ2n) is 6.04. The monoisotopic (exact) mass is 397 g/mol. The lowest BCUT2D eigenvalue weighted by Crippen LogP contribution is -2.37. The van der Waals surface area contributed by atoms with E-state index >= 15 is 0 Å². The third-order valence-electron chi connectivity index (χ3n) is 4.30. The summed E-state index contributed by atoms with van der Waals surface area (Å²) in [5, 5.41) is 6.60. The molecule has 2 amide bonds. The van der Waals surface area contributed by atoms with Crippen molar-refractivity contribution in [1.29, 1.82) is 0 Å². The van der Waals surface area contributed by atoms with Gasteiger partial charge >= 0.3 is 0 Å². The predicted octanol–water partition coefficient (Wildman–Crippen LogP) is 4.26. The van der Waals surface area contributed by atoms with Crippen LogP contribution in [0.2, 0.25) is 10.0 Å². The van der Waals surface area contributed by atoms with E-state index in [1.165, 1.54) is 11.1 Å². The van der Waals surface area contributed by atoms with Gasteiger partial charge in [0, 0.05) is 10.9 Å². The Morgan fingerprint density at radius 1 is 1.07 bits per heavy atom. The lowest BCUT2D eigenvalue weighted by Gasteiger charge is -2.16. The number of carbonyl (C=O) groups excluding carboxylic acids is 2. The predicted molar refractivity (Wildman–Crippen MR) is 108 cm³/mol. The highest BCUT2D eigenvalue weighted by molar-refractivity contribution is 6.42. The summed E-state index contributed by atoms with van der Waals surface area (Å²) >= 11 is 11.8. The van der Waals surface area contributed by atoms with E-state index in [1.807, 2.05) is 30.3 Å². The molecule has 0 saturated heterocycles. The van der Waals surface area contributed by atoms with Gasteiger partial charge in [0.2, 0.25) is 0 Å². The van der Waals surface area contributed by atoms with E-state index in [4.69, 9.17) is 23.2 Å². The molecule has 134 valence electrons. The van der Waals surface area contributed by atoms with Crippen molar-refractivity contribution in [3.05, 3.63) is 75.8 Å². The number of amides is 2. The van der Waals surface area contributed by atoms with Crippen molar-refractivity contribution < 1.29 is 9.59 Å². The van der Waals surface area contributed by atoms with Crippen LogP contribution in [0.25, 0.3) is 10.8 Å². The van der Waals surface area contributed by atoms with Gasteiger partial charge in [0.1, 0.15) is 6.54 Å². The van der Waals surface area contributed by atoms with Crippen LogP contribution in [0.15, 0.2) is 59.7 Å². The van der Waals surface area contributed by atoms with Gasteiger partial charge in [-0.3, -0.25) is 14.5 Å². The Labute approximate surface area is 165 Å². The molecule has 3 aromatic carbocycles. The van der Waals surface area contributed by atoms with Gasteiger partial charge in [0.25, 0.3) is 11.8 Å².